The van der Waals surface area contributed by atoms with Crippen LogP contribution in [0.25, 0.3) is 0 Å². The molecule has 21 heavy (non-hydrogen) atoms. The van der Waals surface area contributed by atoms with Crippen LogP contribution in [-0.2, 0) is 11.2 Å². The zero-order valence-corrected chi connectivity index (χ0v) is 13.1. The highest BCUT2D eigenvalue weighted by molar-refractivity contribution is 5.90. The fraction of sp³-hybridized carbons (Fsp3) is 0.500. The number of aliphatic carboxylic acids is 1. The van der Waals surface area contributed by atoms with Crippen LogP contribution in [0, 0.1) is 11.3 Å². The Morgan fingerprint density at radius 2 is 1.86 bits per heavy atom. The first-order chi connectivity index (χ1) is 9.70. The summed E-state index contributed by atoms with van der Waals surface area (Å²) in [5.74, 6) is -0.594. The van der Waals surface area contributed by atoms with Gasteiger partial charge in [-0.05, 0) is 23.0 Å². The summed E-state index contributed by atoms with van der Waals surface area (Å²) in [5.41, 5.74) is 1.24. The van der Waals surface area contributed by atoms with Gasteiger partial charge in [0.05, 0.1) is 6.42 Å². The van der Waals surface area contributed by atoms with E-state index in [2.05, 4.69) is 38.3 Å². The Hall–Kier alpha value is -2.04. The SMILES string of the molecule is CC(CNC(=O)Nc1ccccc1CC(=O)O)C(C)(C)C. The molecule has 0 radical (unpaired) electrons. The van der Waals surface area contributed by atoms with Crippen LogP contribution in [0.1, 0.15) is 33.3 Å². The summed E-state index contributed by atoms with van der Waals surface area (Å²) in [5, 5.41) is 14.4. The van der Waals surface area contributed by atoms with Gasteiger partial charge in [0.25, 0.3) is 0 Å². The number of carboxylic acid groups (broad SMARTS) is 1. The van der Waals surface area contributed by atoms with Gasteiger partial charge < -0.3 is 15.7 Å². The quantitative estimate of drug-likeness (QED) is 0.780. The smallest absolute Gasteiger partial charge is 0.319 e. The summed E-state index contributed by atoms with van der Waals surface area (Å²) in [6.45, 7) is 9.02. The van der Waals surface area contributed by atoms with E-state index in [1.54, 1.807) is 24.3 Å². The van der Waals surface area contributed by atoms with Gasteiger partial charge in [-0.1, -0.05) is 45.9 Å². The maximum atomic E-state index is 11.9. The van der Waals surface area contributed by atoms with Crippen LogP contribution in [0.5, 0.6) is 0 Å². The van der Waals surface area contributed by atoms with Crippen LogP contribution in [0.3, 0.4) is 0 Å². The number of carbonyl (C=O) groups excluding carboxylic acids is 1. The lowest BCUT2D eigenvalue weighted by atomic mass is 9.82. The summed E-state index contributed by atoms with van der Waals surface area (Å²) >= 11 is 0. The Morgan fingerprint density at radius 3 is 2.43 bits per heavy atom. The third-order valence-electron chi connectivity index (χ3n) is 3.65. The van der Waals surface area contributed by atoms with E-state index in [0.717, 1.165) is 0 Å². The van der Waals surface area contributed by atoms with Crippen molar-refractivity contribution in [1.82, 2.24) is 5.32 Å². The molecular formula is C16H24N2O3. The van der Waals surface area contributed by atoms with Crippen molar-refractivity contribution >= 4 is 17.7 Å². The van der Waals surface area contributed by atoms with E-state index in [-0.39, 0.29) is 17.9 Å². The number of para-hydroxylation sites is 1. The number of rotatable bonds is 5. The number of nitrogens with one attached hydrogen (secondary N) is 2. The number of hydrogen-bond donors (Lipinski definition) is 3. The summed E-state index contributed by atoms with van der Waals surface area (Å²) in [4.78, 5) is 22.7. The van der Waals surface area contributed by atoms with Crippen LogP contribution in [0.4, 0.5) is 10.5 Å². The first kappa shape index (κ1) is 17.0. The zero-order chi connectivity index (χ0) is 16.0. The monoisotopic (exact) mass is 292 g/mol. The van der Waals surface area contributed by atoms with E-state index in [1.165, 1.54) is 0 Å². The lowest BCUT2D eigenvalue weighted by Crippen LogP contribution is -2.36. The summed E-state index contributed by atoms with van der Waals surface area (Å²) < 4.78 is 0. The van der Waals surface area contributed by atoms with Crippen molar-refractivity contribution in [2.45, 2.75) is 34.1 Å². The molecule has 1 atom stereocenters. The molecule has 2 amide bonds. The van der Waals surface area contributed by atoms with Gasteiger partial charge in [0, 0.05) is 12.2 Å². The Labute approximate surface area is 125 Å². The lowest BCUT2D eigenvalue weighted by Gasteiger charge is -2.27. The molecule has 3 N–H and O–H groups in total. The lowest BCUT2D eigenvalue weighted by molar-refractivity contribution is -0.136. The van der Waals surface area contributed by atoms with E-state index in [1.807, 2.05) is 0 Å². The third kappa shape index (κ3) is 5.85. The van der Waals surface area contributed by atoms with E-state index >= 15 is 0 Å². The van der Waals surface area contributed by atoms with Crippen molar-refractivity contribution in [2.75, 3.05) is 11.9 Å². The molecule has 1 rings (SSSR count). The molecule has 0 saturated carbocycles. The number of urea groups is 1. The van der Waals surface area contributed by atoms with Crippen molar-refractivity contribution < 1.29 is 14.7 Å². The molecule has 1 aromatic rings. The highest BCUT2D eigenvalue weighted by Gasteiger charge is 2.20. The molecular weight excluding hydrogens is 268 g/mol. The van der Waals surface area contributed by atoms with Crippen LogP contribution >= 0.6 is 0 Å². The number of benzene rings is 1. The zero-order valence-electron chi connectivity index (χ0n) is 13.1. The Balaban J connectivity index is 2.61. The minimum Gasteiger partial charge on any atom is -0.481 e. The van der Waals surface area contributed by atoms with E-state index in [9.17, 15) is 9.59 Å². The van der Waals surface area contributed by atoms with Gasteiger partial charge in [0.1, 0.15) is 0 Å². The topological polar surface area (TPSA) is 78.4 Å². The fourth-order valence-corrected chi connectivity index (χ4v) is 1.68. The summed E-state index contributed by atoms with van der Waals surface area (Å²) in [7, 11) is 0. The van der Waals surface area contributed by atoms with Crippen molar-refractivity contribution in [3.63, 3.8) is 0 Å². The second-order valence-corrected chi connectivity index (χ2v) is 6.33. The Bertz CT molecular complexity index is 506. The van der Waals surface area contributed by atoms with Crippen LogP contribution < -0.4 is 10.6 Å². The predicted octanol–water partition coefficient (Wildman–Crippen LogP) is 3.12. The van der Waals surface area contributed by atoms with Crippen molar-refractivity contribution in [1.29, 1.82) is 0 Å². The van der Waals surface area contributed by atoms with Crippen LogP contribution in [0.2, 0.25) is 0 Å². The Morgan fingerprint density at radius 1 is 1.24 bits per heavy atom. The maximum absolute atomic E-state index is 11.9. The molecule has 0 bridgehead atoms. The molecule has 0 spiro atoms. The molecule has 116 valence electrons. The largest absolute Gasteiger partial charge is 0.481 e. The van der Waals surface area contributed by atoms with Crippen molar-refractivity contribution in [3.8, 4) is 0 Å². The molecule has 0 heterocycles. The van der Waals surface area contributed by atoms with Crippen LogP contribution in [0.15, 0.2) is 24.3 Å². The van der Waals surface area contributed by atoms with Gasteiger partial charge in [0.15, 0.2) is 0 Å². The van der Waals surface area contributed by atoms with Gasteiger partial charge in [-0.15, -0.1) is 0 Å². The molecule has 0 aliphatic carbocycles. The average molecular weight is 292 g/mol. The minimum atomic E-state index is -0.925. The van der Waals surface area contributed by atoms with Gasteiger partial charge in [-0.2, -0.15) is 0 Å². The first-order valence-electron chi connectivity index (χ1n) is 7.04. The summed E-state index contributed by atoms with van der Waals surface area (Å²) in [6.07, 6.45) is -0.116. The van der Waals surface area contributed by atoms with Crippen molar-refractivity contribution in [3.05, 3.63) is 29.8 Å². The van der Waals surface area contributed by atoms with Gasteiger partial charge in [-0.25, -0.2) is 4.79 Å². The van der Waals surface area contributed by atoms with Gasteiger partial charge in [-0.3, -0.25) is 4.79 Å². The predicted molar refractivity (Wildman–Crippen MR) is 83.4 cm³/mol. The molecule has 5 nitrogen and oxygen atoms in total. The Kier molecular flexibility index (Phi) is 5.76. The molecule has 0 saturated heterocycles. The minimum absolute atomic E-state index is 0.116. The number of hydrogen-bond acceptors (Lipinski definition) is 2. The van der Waals surface area contributed by atoms with E-state index < -0.39 is 5.97 Å². The molecule has 0 aliphatic heterocycles. The third-order valence-corrected chi connectivity index (χ3v) is 3.65. The average Bonchev–Trinajstić information content (AvgIpc) is 2.36. The normalized spacial score (nSPS) is 12.6. The molecule has 1 unspecified atom stereocenters. The molecule has 0 fully saturated rings. The molecule has 1 aromatic carbocycles. The second-order valence-electron chi connectivity index (χ2n) is 6.33. The van der Waals surface area contributed by atoms with Gasteiger partial charge >= 0.3 is 12.0 Å². The van der Waals surface area contributed by atoms with Gasteiger partial charge in [0.2, 0.25) is 0 Å². The molecule has 0 aromatic heterocycles. The standard InChI is InChI=1S/C16H24N2O3/c1-11(16(2,3)4)10-17-15(21)18-13-8-6-5-7-12(13)9-14(19)20/h5-8,11H,9-10H2,1-4H3,(H,19,20)(H2,17,18,21). The van der Waals surface area contributed by atoms with Crippen molar-refractivity contribution in [2.24, 2.45) is 11.3 Å². The highest BCUT2D eigenvalue weighted by Crippen LogP contribution is 2.24. The molecule has 5 heteroatoms. The van der Waals surface area contributed by atoms with E-state index in [4.69, 9.17) is 5.11 Å². The first-order valence-corrected chi connectivity index (χ1v) is 7.04. The van der Waals surface area contributed by atoms with E-state index in [0.29, 0.717) is 23.7 Å². The number of carboxylic acids is 1. The van der Waals surface area contributed by atoms with Crippen LogP contribution in [-0.4, -0.2) is 23.7 Å². The maximum Gasteiger partial charge on any atom is 0.319 e. The highest BCUT2D eigenvalue weighted by atomic mass is 16.4. The second kappa shape index (κ2) is 7.11. The number of carbonyl (C=O) groups is 2. The number of amides is 2. The fourth-order valence-electron chi connectivity index (χ4n) is 1.68. The number of anilines is 1. The summed E-state index contributed by atoms with van der Waals surface area (Å²) in [6, 6.07) is 6.60. The molecule has 0 aliphatic rings.